The van der Waals surface area contributed by atoms with Gasteiger partial charge in [0.2, 0.25) is 5.91 Å². The first-order valence-electron chi connectivity index (χ1n) is 8.11. The Labute approximate surface area is 145 Å². The number of hydrogen-bond donors (Lipinski definition) is 3. The normalized spacial score (nSPS) is 15.8. The van der Waals surface area contributed by atoms with Crippen molar-refractivity contribution in [3.63, 3.8) is 0 Å². The molecule has 0 aliphatic heterocycles. The molecule has 130 valence electrons. The van der Waals surface area contributed by atoms with Crippen LogP contribution in [0.15, 0.2) is 42.5 Å². The zero-order chi connectivity index (χ0) is 17.6. The Bertz CT molecular complexity index is 780. The molecule has 2 amide bonds. The highest BCUT2D eigenvalue weighted by Gasteiger charge is 2.16. The van der Waals surface area contributed by atoms with Crippen molar-refractivity contribution in [1.29, 1.82) is 0 Å². The van der Waals surface area contributed by atoms with Gasteiger partial charge in [0, 0.05) is 12.0 Å². The zero-order valence-corrected chi connectivity index (χ0v) is 13.9. The fourth-order valence-electron chi connectivity index (χ4n) is 2.70. The summed E-state index contributed by atoms with van der Waals surface area (Å²) >= 11 is 0. The first-order valence-corrected chi connectivity index (χ1v) is 8.11. The summed E-state index contributed by atoms with van der Waals surface area (Å²) in [6.45, 7) is 0. The minimum atomic E-state index is -0.442. The highest BCUT2D eigenvalue weighted by Crippen LogP contribution is 2.21. The Hall–Kier alpha value is -3.09. The second-order valence-electron chi connectivity index (χ2n) is 5.87. The number of carbonyl (C=O) groups is 2. The lowest BCUT2D eigenvalue weighted by molar-refractivity contribution is -0.122. The van der Waals surface area contributed by atoms with E-state index >= 15 is 0 Å². The third-order valence-corrected chi connectivity index (χ3v) is 4.08. The van der Waals surface area contributed by atoms with Crippen LogP contribution in [0.1, 0.15) is 29.8 Å². The predicted octanol–water partition coefficient (Wildman–Crippen LogP) is 2.20. The van der Waals surface area contributed by atoms with E-state index in [9.17, 15) is 9.59 Å². The van der Waals surface area contributed by atoms with Crippen LogP contribution in [0.3, 0.4) is 0 Å². The maximum Gasteiger partial charge on any atom is 0.287 e. The molecule has 0 bridgehead atoms. The Morgan fingerprint density at radius 2 is 2.08 bits per heavy atom. The number of H-pyrrole nitrogens is 1. The molecule has 1 atom stereocenters. The number of benzene rings is 1. The maximum absolute atomic E-state index is 12.1. The van der Waals surface area contributed by atoms with Crippen LogP contribution in [0.4, 0.5) is 0 Å². The first-order chi connectivity index (χ1) is 12.2. The molecule has 0 saturated heterocycles. The number of nitrogens with one attached hydrogen (secondary N) is 3. The van der Waals surface area contributed by atoms with E-state index in [4.69, 9.17) is 4.74 Å². The lowest BCUT2D eigenvalue weighted by Gasteiger charge is -2.09. The molecule has 3 N–H and O–H groups in total. The lowest BCUT2D eigenvalue weighted by Crippen LogP contribution is -2.42. The minimum Gasteiger partial charge on any atom is -0.497 e. The van der Waals surface area contributed by atoms with Crippen molar-refractivity contribution in [3.05, 3.63) is 48.2 Å². The van der Waals surface area contributed by atoms with Gasteiger partial charge in [-0.15, -0.1) is 0 Å². The van der Waals surface area contributed by atoms with Crippen molar-refractivity contribution in [3.8, 4) is 17.0 Å². The van der Waals surface area contributed by atoms with E-state index < -0.39 is 5.91 Å². The largest absolute Gasteiger partial charge is 0.497 e. The van der Waals surface area contributed by atoms with E-state index in [0.29, 0.717) is 12.1 Å². The van der Waals surface area contributed by atoms with Crippen LogP contribution >= 0.6 is 0 Å². The highest BCUT2D eigenvalue weighted by molar-refractivity contribution is 5.94. The van der Waals surface area contributed by atoms with Crippen LogP contribution < -0.4 is 15.6 Å². The zero-order valence-electron chi connectivity index (χ0n) is 13.9. The molecule has 1 aliphatic rings. The maximum atomic E-state index is 12.1. The SMILES string of the molecule is COc1ccc(-c2cc(C(=O)NNC(=O)CC3C=CCC3)[nH]n2)cc1. The molecular weight excluding hydrogens is 320 g/mol. The Balaban J connectivity index is 1.54. The molecule has 1 aliphatic carbocycles. The molecule has 7 heteroatoms. The average molecular weight is 340 g/mol. The summed E-state index contributed by atoms with van der Waals surface area (Å²) < 4.78 is 5.11. The van der Waals surface area contributed by atoms with Gasteiger partial charge in [0.25, 0.3) is 5.91 Å². The number of carbonyl (C=O) groups excluding carboxylic acids is 2. The van der Waals surface area contributed by atoms with Crippen LogP contribution in [-0.2, 0) is 4.79 Å². The van der Waals surface area contributed by atoms with Gasteiger partial charge in [-0.1, -0.05) is 12.2 Å². The van der Waals surface area contributed by atoms with E-state index in [1.54, 1.807) is 13.2 Å². The second-order valence-corrected chi connectivity index (χ2v) is 5.87. The van der Waals surface area contributed by atoms with Crippen molar-refractivity contribution < 1.29 is 14.3 Å². The predicted molar refractivity (Wildman–Crippen MR) is 92.7 cm³/mol. The topological polar surface area (TPSA) is 96.1 Å². The third kappa shape index (κ3) is 4.26. The average Bonchev–Trinajstić information content (AvgIpc) is 3.31. The number of methoxy groups -OCH3 is 1. The van der Waals surface area contributed by atoms with Crippen molar-refractivity contribution in [1.82, 2.24) is 21.0 Å². The standard InChI is InChI=1S/C18H20N4O3/c1-25-14-8-6-13(7-9-14)15-11-16(20-19-15)18(24)22-21-17(23)10-12-4-2-3-5-12/h2,4,6-9,11-12H,3,5,10H2,1H3,(H,19,20)(H,21,23)(H,22,24). The van der Waals surface area contributed by atoms with E-state index in [2.05, 4.69) is 27.1 Å². The second kappa shape index (κ2) is 7.65. The monoisotopic (exact) mass is 340 g/mol. The van der Waals surface area contributed by atoms with Crippen LogP contribution in [0.25, 0.3) is 11.3 Å². The molecule has 0 fully saturated rings. The number of hydrazine groups is 1. The molecule has 0 radical (unpaired) electrons. The molecule has 2 aromatic rings. The number of nitrogens with zero attached hydrogens (tertiary/aromatic N) is 1. The summed E-state index contributed by atoms with van der Waals surface area (Å²) in [5.41, 5.74) is 6.60. The molecule has 1 heterocycles. The van der Waals surface area contributed by atoms with E-state index in [-0.39, 0.29) is 17.5 Å². The summed E-state index contributed by atoms with van der Waals surface area (Å²) in [7, 11) is 1.60. The quantitative estimate of drug-likeness (QED) is 0.574. The van der Waals surface area contributed by atoms with Crippen molar-refractivity contribution in [2.75, 3.05) is 7.11 Å². The van der Waals surface area contributed by atoms with Gasteiger partial charge in [0.1, 0.15) is 11.4 Å². The lowest BCUT2D eigenvalue weighted by atomic mass is 10.1. The van der Waals surface area contributed by atoms with E-state index in [1.807, 2.05) is 30.3 Å². The Morgan fingerprint density at radius 1 is 1.28 bits per heavy atom. The number of amides is 2. The molecule has 1 aromatic carbocycles. The molecule has 1 aromatic heterocycles. The Kier molecular flexibility index (Phi) is 5.13. The molecule has 0 spiro atoms. The summed E-state index contributed by atoms with van der Waals surface area (Å²) in [4.78, 5) is 23.9. The molecule has 25 heavy (non-hydrogen) atoms. The van der Waals surface area contributed by atoms with Crippen molar-refractivity contribution in [2.24, 2.45) is 5.92 Å². The number of ether oxygens (including phenoxy) is 1. The minimum absolute atomic E-state index is 0.209. The molecule has 3 rings (SSSR count). The molecular formula is C18H20N4O3. The number of aromatic nitrogens is 2. The number of allylic oxidation sites excluding steroid dienone is 2. The molecule has 0 saturated carbocycles. The summed E-state index contributed by atoms with van der Waals surface area (Å²) in [6.07, 6.45) is 6.47. The van der Waals surface area contributed by atoms with Gasteiger partial charge in [-0.2, -0.15) is 5.10 Å². The molecule has 7 nitrogen and oxygen atoms in total. The van der Waals surface area contributed by atoms with Gasteiger partial charge in [0.05, 0.1) is 12.8 Å². The van der Waals surface area contributed by atoms with Crippen LogP contribution in [0, 0.1) is 5.92 Å². The van der Waals surface area contributed by atoms with Crippen LogP contribution in [0.5, 0.6) is 5.75 Å². The number of aromatic amines is 1. The summed E-state index contributed by atoms with van der Waals surface area (Å²) in [5, 5.41) is 6.80. The number of hydrogen-bond acceptors (Lipinski definition) is 4. The Morgan fingerprint density at radius 3 is 2.76 bits per heavy atom. The fraction of sp³-hybridized carbons (Fsp3) is 0.278. The van der Waals surface area contributed by atoms with E-state index in [1.165, 1.54) is 0 Å². The fourth-order valence-corrected chi connectivity index (χ4v) is 2.70. The third-order valence-electron chi connectivity index (χ3n) is 4.08. The van der Waals surface area contributed by atoms with Gasteiger partial charge in [-0.25, -0.2) is 0 Å². The van der Waals surface area contributed by atoms with Gasteiger partial charge in [-0.3, -0.25) is 25.5 Å². The van der Waals surface area contributed by atoms with Gasteiger partial charge in [-0.05, 0) is 49.1 Å². The van der Waals surface area contributed by atoms with Crippen LogP contribution in [0.2, 0.25) is 0 Å². The van der Waals surface area contributed by atoms with Gasteiger partial charge in [0.15, 0.2) is 0 Å². The van der Waals surface area contributed by atoms with Gasteiger partial charge < -0.3 is 4.74 Å². The summed E-state index contributed by atoms with van der Waals surface area (Å²) in [6, 6.07) is 8.98. The van der Waals surface area contributed by atoms with Crippen LogP contribution in [-0.4, -0.2) is 29.1 Å². The summed E-state index contributed by atoms with van der Waals surface area (Å²) in [5.74, 6) is 0.352. The highest BCUT2D eigenvalue weighted by atomic mass is 16.5. The smallest absolute Gasteiger partial charge is 0.287 e. The van der Waals surface area contributed by atoms with E-state index in [0.717, 1.165) is 24.2 Å². The van der Waals surface area contributed by atoms with Crippen molar-refractivity contribution in [2.45, 2.75) is 19.3 Å². The van der Waals surface area contributed by atoms with Crippen molar-refractivity contribution >= 4 is 11.8 Å². The number of rotatable bonds is 5. The first kappa shape index (κ1) is 16.8. The van der Waals surface area contributed by atoms with Gasteiger partial charge >= 0.3 is 0 Å². The molecule has 1 unspecified atom stereocenters.